The lowest BCUT2D eigenvalue weighted by Crippen LogP contribution is -2.34. The van der Waals surface area contributed by atoms with E-state index in [4.69, 9.17) is 0 Å². The molecular weight excluding hydrogens is 379 g/mol. The van der Waals surface area contributed by atoms with Crippen LogP contribution in [0, 0.1) is 6.92 Å². The highest BCUT2D eigenvalue weighted by molar-refractivity contribution is 9.10. The van der Waals surface area contributed by atoms with Gasteiger partial charge in [-0.1, -0.05) is 0 Å². The SMILES string of the molecule is Cc1cc(C(F)(F)F)nn1C(C)C(=O)NCCn1cc(Br)cn1. The molecule has 2 aromatic heterocycles. The van der Waals surface area contributed by atoms with Crippen molar-refractivity contribution < 1.29 is 18.0 Å². The molecular formula is C13H15BrF3N5O. The third-order valence-electron chi connectivity index (χ3n) is 3.20. The van der Waals surface area contributed by atoms with Gasteiger partial charge in [-0.25, -0.2) is 0 Å². The third-order valence-corrected chi connectivity index (χ3v) is 3.61. The van der Waals surface area contributed by atoms with Crippen molar-refractivity contribution in [2.24, 2.45) is 0 Å². The largest absolute Gasteiger partial charge is 0.435 e. The Labute approximate surface area is 138 Å². The molecule has 6 nitrogen and oxygen atoms in total. The van der Waals surface area contributed by atoms with E-state index in [2.05, 4.69) is 31.4 Å². The number of nitrogens with zero attached hydrogens (tertiary/aromatic N) is 4. The average molecular weight is 394 g/mol. The van der Waals surface area contributed by atoms with Crippen LogP contribution >= 0.6 is 15.9 Å². The predicted molar refractivity (Wildman–Crippen MR) is 79.6 cm³/mol. The van der Waals surface area contributed by atoms with Crippen LogP contribution < -0.4 is 5.32 Å². The van der Waals surface area contributed by atoms with Crippen molar-refractivity contribution in [1.29, 1.82) is 0 Å². The summed E-state index contributed by atoms with van der Waals surface area (Å²) in [5.74, 6) is -0.406. The van der Waals surface area contributed by atoms with Gasteiger partial charge in [0.1, 0.15) is 6.04 Å². The maximum atomic E-state index is 12.6. The Bertz CT molecular complexity index is 694. The number of hydrogen-bond acceptors (Lipinski definition) is 3. The van der Waals surface area contributed by atoms with Crippen molar-refractivity contribution in [1.82, 2.24) is 24.9 Å². The van der Waals surface area contributed by atoms with Crippen molar-refractivity contribution >= 4 is 21.8 Å². The zero-order valence-electron chi connectivity index (χ0n) is 12.4. The Hall–Kier alpha value is -1.84. The minimum atomic E-state index is -4.53. The summed E-state index contributed by atoms with van der Waals surface area (Å²) in [7, 11) is 0. The minimum absolute atomic E-state index is 0.274. The van der Waals surface area contributed by atoms with Crippen molar-refractivity contribution in [3.05, 3.63) is 34.3 Å². The molecule has 0 aliphatic heterocycles. The van der Waals surface area contributed by atoms with Gasteiger partial charge in [-0.2, -0.15) is 23.4 Å². The Balaban J connectivity index is 1.95. The van der Waals surface area contributed by atoms with Gasteiger partial charge in [0.2, 0.25) is 5.91 Å². The Morgan fingerprint density at radius 1 is 1.48 bits per heavy atom. The van der Waals surface area contributed by atoms with E-state index in [-0.39, 0.29) is 5.69 Å². The van der Waals surface area contributed by atoms with E-state index in [0.29, 0.717) is 13.1 Å². The smallest absolute Gasteiger partial charge is 0.352 e. The van der Waals surface area contributed by atoms with E-state index in [1.165, 1.54) is 13.8 Å². The van der Waals surface area contributed by atoms with E-state index in [9.17, 15) is 18.0 Å². The normalized spacial score (nSPS) is 13.1. The van der Waals surface area contributed by atoms with Crippen LogP contribution in [0.2, 0.25) is 0 Å². The summed E-state index contributed by atoms with van der Waals surface area (Å²) in [6.07, 6.45) is -1.15. The van der Waals surface area contributed by atoms with Gasteiger partial charge in [-0.15, -0.1) is 0 Å². The summed E-state index contributed by atoms with van der Waals surface area (Å²) in [5, 5.41) is 10.2. The standard InChI is InChI=1S/C13H15BrF3N5O/c1-8-5-11(13(15,16)17)20-22(8)9(2)12(23)18-3-4-21-7-10(14)6-19-21/h5-7,9H,3-4H2,1-2H3,(H,18,23). The maximum Gasteiger partial charge on any atom is 0.435 e. The van der Waals surface area contributed by atoms with Gasteiger partial charge in [0.05, 0.1) is 17.2 Å². The summed E-state index contributed by atoms with van der Waals surface area (Å²) in [5.41, 5.74) is -0.730. The second-order valence-electron chi connectivity index (χ2n) is 5.00. The zero-order valence-corrected chi connectivity index (χ0v) is 14.0. The molecule has 0 saturated heterocycles. The molecule has 1 unspecified atom stereocenters. The maximum absolute atomic E-state index is 12.6. The van der Waals surface area contributed by atoms with Gasteiger partial charge in [-0.05, 0) is 35.8 Å². The van der Waals surface area contributed by atoms with Gasteiger partial charge in [-0.3, -0.25) is 14.2 Å². The molecule has 0 bridgehead atoms. The van der Waals surface area contributed by atoms with Crippen molar-refractivity contribution in [3.8, 4) is 0 Å². The number of aromatic nitrogens is 4. The number of hydrogen-bond donors (Lipinski definition) is 1. The lowest BCUT2D eigenvalue weighted by molar-refractivity contribution is -0.142. The monoisotopic (exact) mass is 393 g/mol. The fourth-order valence-electron chi connectivity index (χ4n) is 2.03. The molecule has 0 spiro atoms. The zero-order chi connectivity index (χ0) is 17.2. The first-order chi connectivity index (χ1) is 10.7. The van der Waals surface area contributed by atoms with Crippen molar-refractivity contribution in [2.45, 2.75) is 32.6 Å². The molecule has 0 aliphatic rings. The number of rotatable bonds is 5. The minimum Gasteiger partial charge on any atom is -0.352 e. The highest BCUT2D eigenvalue weighted by atomic mass is 79.9. The van der Waals surface area contributed by atoms with Gasteiger partial charge in [0, 0.05) is 18.4 Å². The van der Waals surface area contributed by atoms with Crippen molar-refractivity contribution in [2.75, 3.05) is 6.54 Å². The molecule has 0 aliphatic carbocycles. The van der Waals surface area contributed by atoms with Crippen LogP contribution in [0.5, 0.6) is 0 Å². The second kappa shape index (κ2) is 6.73. The molecule has 0 aromatic carbocycles. The van der Waals surface area contributed by atoms with Gasteiger partial charge >= 0.3 is 6.18 Å². The highest BCUT2D eigenvalue weighted by Gasteiger charge is 2.35. The summed E-state index contributed by atoms with van der Waals surface area (Å²) in [4.78, 5) is 12.1. The van der Waals surface area contributed by atoms with Crippen LogP contribution in [0.15, 0.2) is 22.9 Å². The molecule has 1 atom stereocenters. The number of halogens is 4. The van der Waals surface area contributed by atoms with E-state index < -0.39 is 23.8 Å². The predicted octanol–water partition coefficient (Wildman–Crippen LogP) is 2.55. The molecule has 126 valence electrons. The fraction of sp³-hybridized carbons (Fsp3) is 0.462. The first kappa shape index (κ1) is 17.5. The number of alkyl halides is 3. The van der Waals surface area contributed by atoms with Gasteiger partial charge < -0.3 is 5.32 Å². The number of carbonyl (C=O) groups is 1. The van der Waals surface area contributed by atoms with E-state index in [1.54, 1.807) is 17.1 Å². The van der Waals surface area contributed by atoms with Gasteiger partial charge in [0.15, 0.2) is 5.69 Å². The molecule has 0 saturated carbocycles. The molecule has 0 radical (unpaired) electrons. The number of amides is 1. The topological polar surface area (TPSA) is 64.7 Å². The Kier molecular flexibility index (Phi) is 5.12. The van der Waals surface area contributed by atoms with Crippen LogP contribution in [0.4, 0.5) is 13.2 Å². The lowest BCUT2D eigenvalue weighted by atomic mass is 10.3. The third kappa shape index (κ3) is 4.34. The first-order valence-electron chi connectivity index (χ1n) is 6.77. The second-order valence-corrected chi connectivity index (χ2v) is 5.92. The van der Waals surface area contributed by atoms with Crippen LogP contribution in [0.25, 0.3) is 0 Å². The van der Waals surface area contributed by atoms with Gasteiger partial charge in [0.25, 0.3) is 0 Å². The van der Waals surface area contributed by atoms with Crippen LogP contribution in [-0.4, -0.2) is 32.0 Å². The molecule has 0 fully saturated rings. The fourth-order valence-corrected chi connectivity index (χ4v) is 2.36. The number of aryl methyl sites for hydroxylation is 1. The lowest BCUT2D eigenvalue weighted by Gasteiger charge is -2.14. The Morgan fingerprint density at radius 3 is 2.70 bits per heavy atom. The van der Waals surface area contributed by atoms with Crippen LogP contribution in [0.1, 0.15) is 24.4 Å². The molecule has 1 N–H and O–H groups in total. The van der Waals surface area contributed by atoms with E-state index in [0.717, 1.165) is 15.2 Å². The summed E-state index contributed by atoms with van der Waals surface area (Å²) in [6, 6.07) is 0.0841. The molecule has 1 amide bonds. The van der Waals surface area contributed by atoms with E-state index in [1.807, 2.05) is 0 Å². The Morgan fingerprint density at radius 2 is 2.17 bits per heavy atom. The van der Waals surface area contributed by atoms with E-state index >= 15 is 0 Å². The molecule has 10 heteroatoms. The quantitative estimate of drug-likeness (QED) is 0.848. The number of nitrogens with one attached hydrogen (secondary N) is 1. The molecule has 2 heterocycles. The summed E-state index contributed by atoms with van der Waals surface area (Å²) < 4.78 is 41.5. The van der Waals surface area contributed by atoms with Crippen molar-refractivity contribution in [3.63, 3.8) is 0 Å². The highest BCUT2D eigenvalue weighted by Crippen LogP contribution is 2.29. The average Bonchev–Trinajstić information content (AvgIpc) is 3.03. The first-order valence-corrected chi connectivity index (χ1v) is 7.57. The molecule has 2 aromatic rings. The van der Waals surface area contributed by atoms with Crippen LogP contribution in [0.3, 0.4) is 0 Å². The number of carbonyl (C=O) groups excluding carboxylic acids is 1. The van der Waals surface area contributed by atoms with Crippen LogP contribution in [-0.2, 0) is 17.5 Å². The molecule has 23 heavy (non-hydrogen) atoms. The summed E-state index contributed by atoms with van der Waals surface area (Å²) in [6.45, 7) is 3.74. The molecule has 2 rings (SSSR count). The summed E-state index contributed by atoms with van der Waals surface area (Å²) >= 11 is 3.26.